The number of anilines is 3. The summed E-state index contributed by atoms with van der Waals surface area (Å²) in [7, 11) is 0. The van der Waals surface area contributed by atoms with E-state index in [4.69, 9.17) is 11.6 Å². The van der Waals surface area contributed by atoms with Crippen LogP contribution >= 0.6 is 11.6 Å². The molecule has 0 saturated heterocycles. The predicted molar refractivity (Wildman–Crippen MR) is 147 cm³/mol. The summed E-state index contributed by atoms with van der Waals surface area (Å²) in [4.78, 5) is 26.9. The van der Waals surface area contributed by atoms with Gasteiger partial charge < -0.3 is 16.0 Å². The average Bonchev–Trinajstić information content (AvgIpc) is 3.29. The Morgan fingerprint density at radius 3 is 2.45 bits per heavy atom. The molecule has 2 heterocycles. The molecule has 1 atom stereocenters. The lowest BCUT2D eigenvalue weighted by atomic mass is 9.94. The van der Waals surface area contributed by atoms with Crippen LogP contribution in [0.15, 0.2) is 84.2 Å². The van der Waals surface area contributed by atoms with Gasteiger partial charge in [0.25, 0.3) is 11.8 Å². The summed E-state index contributed by atoms with van der Waals surface area (Å²) < 4.78 is 14.9. The number of carbonyl (C=O) groups excluding carboxylic acids is 2. The van der Waals surface area contributed by atoms with Gasteiger partial charge in [-0.05, 0) is 74.4 Å². The molecule has 0 bridgehead atoms. The van der Waals surface area contributed by atoms with Crippen molar-refractivity contribution in [1.82, 2.24) is 9.78 Å². The summed E-state index contributed by atoms with van der Waals surface area (Å²) >= 11 is 6.32. The Bertz CT molecular complexity index is 1590. The number of rotatable bonds is 5. The van der Waals surface area contributed by atoms with Gasteiger partial charge in [-0.1, -0.05) is 41.4 Å². The normalized spacial score (nSPS) is 14.5. The van der Waals surface area contributed by atoms with Crippen LogP contribution in [0.2, 0.25) is 5.02 Å². The van der Waals surface area contributed by atoms with E-state index in [0.717, 1.165) is 16.7 Å². The van der Waals surface area contributed by atoms with Crippen molar-refractivity contribution in [1.29, 1.82) is 0 Å². The van der Waals surface area contributed by atoms with Gasteiger partial charge in [-0.15, -0.1) is 0 Å². The second-order valence-corrected chi connectivity index (χ2v) is 9.64. The number of halogens is 2. The third-order valence-electron chi connectivity index (χ3n) is 6.41. The Kier molecular flexibility index (Phi) is 6.73. The molecule has 1 aliphatic heterocycles. The van der Waals surface area contributed by atoms with Gasteiger partial charge in [-0.25, -0.2) is 9.07 Å². The highest BCUT2D eigenvalue weighted by molar-refractivity contribution is 6.30. The molecule has 0 fully saturated rings. The maximum absolute atomic E-state index is 13.7. The summed E-state index contributed by atoms with van der Waals surface area (Å²) in [5, 5.41) is 14.0. The molecular formula is C29H25ClFN5O2. The minimum Gasteiger partial charge on any atom is -0.343 e. The number of amides is 2. The average molecular weight is 530 g/mol. The molecule has 0 saturated carbocycles. The second-order valence-electron chi connectivity index (χ2n) is 9.21. The molecule has 1 aromatic heterocycles. The molecule has 192 valence electrons. The Morgan fingerprint density at radius 1 is 0.974 bits per heavy atom. The molecule has 5 rings (SSSR count). The Balaban J connectivity index is 1.54. The molecule has 2 amide bonds. The zero-order chi connectivity index (χ0) is 27.0. The fourth-order valence-corrected chi connectivity index (χ4v) is 4.77. The first-order valence-electron chi connectivity index (χ1n) is 12.0. The molecule has 3 aromatic carbocycles. The van der Waals surface area contributed by atoms with Crippen molar-refractivity contribution in [2.75, 3.05) is 16.0 Å². The van der Waals surface area contributed by atoms with Gasteiger partial charge in [0.2, 0.25) is 0 Å². The Morgan fingerprint density at radius 2 is 1.74 bits per heavy atom. The lowest BCUT2D eigenvalue weighted by Gasteiger charge is -2.30. The fraction of sp³-hybridized carbons (Fsp3) is 0.138. The van der Waals surface area contributed by atoms with Crippen molar-refractivity contribution in [2.45, 2.75) is 26.8 Å². The third-order valence-corrected chi connectivity index (χ3v) is 6.64. The van der Waals surface area contributed by atoms with E-state index < -0.39 is 17.8 Å². The maximum Gasteiger partial charge on any atom is 0.261 e. The standard InChI is InChI=1S/C29H25ClFN5O2/c1-16-7-12-24(17(2)13-16)35-29(38)25-18(3)33-27-23(28(37)34-22-10-8-21(31)9-11-22)15-32-36(27)26(25)19-5-4-6-20(30)14-19/h4-15,26,33H,1-3H3,(H,34,37)(H,35,38). The first-order valence-corrected chi connectivity index (χ1v) is 12.4. The van der Waals surface area contributed by atoms with Crippen LogP contribution < -0.4 is 16.0 Å². The number of fused-ring (bicyclic) bond motifs is 1. The highest BCUT2D eigenvalue weighted by Gasteiger charge is 2.35. The largest absolute Gasteiger partial charge is 0.343 e. The molecule has 7 nitrogen and oxygen atoms in total. The van der Waals surface area contributed by atoms with Crippen molar-refractivity contribution in [2.24, 2.45) is 0 Å². The molecule has 1 unspecified atom stereocenters. The maximum atomic E-state index is 13.7. The topological polar surface area (TPSA) is 88.0 Å². The van der Waals surface area contributed by atoms with Gasteiger partial charge >= 0.3 is 0 Å². The van der Waals surface area contributed by atoms with Crippen LogP contribution in [0.5, 0.6) is 0 Å². The molecule has 1 aliphatic rings. The highest BCUT2D eigenvalue weighted by atomic mass is 35.5. The van der Waals surface area contributed by atoms with E-state index in [2.05, 4.69) is 21.0 Å². The summed E-state index contributed by atoms with van der Waals surface area (Å²) in [5.41, 5.74) is 5.21. The molecule has 0 aliphatic carbocycles. The molecule has 4 aromatic rings. The predicted octanol–water partition coefficient (Wildman–Crippen LogP) is 6.47. The number of nitrogens with zero attached hydrogens (tertiary/aromatic N) is 2. The van der Waals surface area contributed by atoms with Crippen LogP contribution in [0.4, 0.5) is 21.6 Å². The summed E-state index contributed by atoms with van der Waals surface area (Å²) in [6.45, 7) is 5.72. The van der Waals surface area contributed by atoms with Crippen LogP contribution in [0.3, 0.4) is 0 Å². The van der Waals surface area contributed by atoms with E-state index >= 15 is 0 Å². The molecule has 38 heavy (non-hydrogen) atoms. The number of allylic oxidation sites excluding steroid dienone is 1. The number of benzene rings is 3. The fourth-order valence-electron chi connectivity index (χ4n) is 4.58. The van der Waals surface area contributed by atoms with Crippen molar-refractivity contribution in [3.63, 3.8) is 0 Å². The Hall–Kier alpha value is -4.43. The van der Waals surface area contributed by atoms with E-state index in [-0.39, 0.29) is 11.5 Å². The first kappa shape index (κ1) is 25.2. The van der Waals surface area contributed by atoms with E-state index in [1.54, 1.807) is 29.8 Å². The van der Waals surface area contributed by atoms with E-state index in [9.17, 15) is 14.0 Å². The molecule has 3 N–H and O–H groups in total. The van der Waals surface area contributed by atoms with Crippen LogP contribution in [0, 0.1) is 19.7 Å². The van der Waals surface area contributed by atoms with E-state index in [1.807, 2.05) is 38.1 Å². The summed E-state index contributed by atoms with van der Waals surface area (Å²) in [5.74, 6) is -0.698. The number of carbonyl (C=O) groups is 2. The first-order chi connectivity index (χ1) is 18.2. The van der Waals surface area contributed by atoms with Gasteiger partial charge in [0.05, 0.1) is 11.8 Å². The minimum atomic E-state index is -0.650. The SMILES string of the molecule is CC1=C(C(=O)Nc2ccc(C)cc2C)C(c2cccc(Cl)c2)n2ncc(C(=O)Nc3ccc(F)cc3)c2N1. The number of hydrogen-bond acceptors (Lipinski definition) is 4. The lowest BCUT2D eigenvalue weighted by Crippen LogP contribution is -2.32. The number of aryl methyl sites for hydroxylation is 2. The monoisotopic (exact) mass is 529 g/mol. The van der Waals surface area contributed by atoms with Crippen molar-refractivity contribution in [3.05, 3.63) is 117 Å². The van der Waals surface area contributed by atoms with Crippen LogP contribution in [-0.2, 0) is 4.79 Å². The highest BCUT2D eigenvalue weighted by Crippen LogP contribution is 2.38. The number of nitrogens with one attached hydrogen (secondary N) is 3. The van der Waals surface area contributed by atoms with Crippen LogP contribution in [0.1, 0.15) is 40.0 Å². The lowest BCUT2D eigenvalue weighted by molar-refractivity contribution is -0.113. The van der Waals surface area contributed by atoms with Gasteiger partial charge in [-0.3, -0.25) is 9.59 Å². The van der Waals surface area contributed by atoms with Gasteiger partial charge in [-0.2, -0.15) is 5.10 Å². The summed E-state index contributed by atoms with van der Waals surface area (Å²) in [6, 6.07) is 17.9. The third kappa shape index (κ3) is 4.90. The van der Waals surface area contributed by atoms with E-state index in [1.165, 1.54) is 30.5 Å². The number of hydrogen-bond donors (Lipinski definition) is 3. The van der Waals surface area contributed by atoms with Gasteiger partial charge in [0.15, 0.2) is 0 Å². The second kappa shape index (κ2) is 10.1. The van der Waals surface area contributed by atoms with Gasteiger partial charge in [0, 0.05) is 22.1 Å². The van der Waals surface area contributed by atoms with Gasteiger partial charge in [0.1, 0.15) is 23.2 Å². The van der Waals surface area contributed by atoms with Crippen molar-refractivity contribution >= 4 is 40.6 Å². The molecular weight excluding hydrogens is 505 g/mol. The van der Waals surface area contributed by atoms with Crippen LogP contribution in [-0.4, -0.2) is 21.6 Å². The number of aromatic nitrogens is 2. The summed E-state index contributed by atoms with van der Waals surface area (Å²) in [6.07, 6.45) is 1.44. The molecule has 9 heteroatoms. The Labute approximate surface area is 224 Å². The zero-order valence-electron chi connectivity index (χ0n) is 21.0. The van der Waals surface area contributed by atoms with E-state index in [0.29, 0.717) is 33.5 Å². The molecule has 0 radical (unpaired) electrons. The zero-order valence-corrected chi connectivity index (χ0v) is 21.7. The molecule has 0 spiro atoms. The quantitative estimate of drug-likeness (QED) is 0.276. The minimum absolute atomic E-state index is 0.273. The smallest absolute Gasteiger partial charge is 0.261 e. The van der Waals surface area contributed by atoms with Crippen LogP contribution in [0.25, 0.3) is 0 Å². The van der Waals surface area contributed by atoms with Crippen molar-refractivity contribution in [3.8, 4) is 0 Å². The van der Waals surface area contributed by atoms with Crippen molar-refractivity contribution < 1.29 is 14.0 Å².